The van der Waals surface area contributed by atoms with E-state index in [9.17, 15) is 9.90 Å². The van der Waals surface area contributed by atoms with E-state index in [1.165, 1.54) is 25.7 Å². The van der Waals surface area contributed by atoms with Gasteiger partial charge in [0.05, 0.1) is 0 Å². The van der Waals surface area contributed by atoms with Crippen molar-refractivity contribution < 1.29 is 9.90 Å². The number of carbonyl (C=O) groups excluding carboxylic acids is 1. The molecule has 0 saturated heterocycles. The lowest BCUT2D eigenvalue weighted by Crippen LogP contribution is -2.55. The second-order valence-electron chi connectivity index (χ2n) is 6.00. The number of phenolic OH excluding ortho intramolecular Hbond substituents is 1. The SMILES string of the molecule is CCC(NC1CCCCCC1)(C(N)=O)c1ccc(O)cc1. The summed E-state index contributed by atoms with van der Waals surface area (Å²) in [7, 11) is 0. The van der Waals surface area contributed by atoms with Gasteiger partial charge in [0.2, 0.25) is 5.91 Å². The van der Waals surface area contributed by atoms with E-state index in [0.717, 1.165) is 18.4 Å². The lowest BCUT2D eigenvalue weighted by atomic mass is 9.84. The molecule has 1 aromatic rings. The number of hydrogen-bond acceptors (Lipinski definition) is 3. The zero-order valence-electron chi connectivity index (χ0n) is 12.8. The number of nitrogens with two attached hydrogens (primary N) is 1. The summed E-state index contributed by atoms with van der Waals surface area (Å²) in [5.74, 6) is -0.150. The molecule has 1 saturated carbocycles. The second-order valence-corrected chi connectivity index (χ2v) is 6.00. The molecule has 0 spiro atoms. The van der Waals surface area contributed by atoms with Gasteiger partial charge in [0, 0.05) is 6.04 Å². The number of nitrogens with one attached hydrogen (secondary N) is 1. The summed E-state index contributed by atoms with van der Waals surface area (Å²) in [5, 5.41) is 13.0. The number of carbonyl (C=O) groups is 1. The molecule has 1 unspecified atom stereocenters. The summed E-state index contributed by atoms with van der Waals surface area (Å²) in [6.07, 6.45) is 7.72. The summed E-state index contributed by atoms with van der Waals surface area (Å²) in [4.78, 5) is 12.2. The second kappa shape index (κ2) is 6.94. The smallest absolute Gasteiger partial charge is 0.242 e. The van der Waals surface area contributed by atoms with Gasteiger partial charge in [0.15, 0.2) is 0 Å². The molecule has 1 aromatic carbocycles. The third kappa shape index (κ3) is 3.56. The van der Waals surface area contributed by atoms with Crippen molar-refractivity contribution >= 4 is 5.91 Å². The number of phenols is 1. The van der Waals surface area contributed by atoms with E-state index in [1.807, 2.05) is 6.92 Å². The van der Waals surface area contributed by atoms with Crippen molar-refractivity contribution in [3.05, 3.63) is 29.8 Å². The topological polar surface area (TPSA) is 75.3 Å². The predicted molar refractivity (Wildman–Crippen MR) is 83.9 cm³/mol. The molecule has 1 atom stereocenters. The molecule has 1 aliphatic carbocycles. The predicted octanol–water partition coefficient (Wildman–Crippen LogP) is 2.80. The standard InChI is InChI=1S/C17H26N2O2/c1-2-17(16(18)21,13-9-11-15(20)12-10-13)19-14-7-5-3-4-6-8-14/h9-12,14,19-20H,2-8H2,1H3,(H2,18,21). The fraction of sp³-hybridized carbons (Fsp3) is 0.588. The van der Waals surface area contributed by atoms with E-state index in [2.05, 4.69) is 5.32 Å². The lowest BCUT2D eigenvalue weighted by Gasteiger charge is -2.35. The maximum atomic E-state index is 12.2. The molecule has 0 heterocycles. The molecule has 4 heteroatoms. The molecule has 4 N–H and O–H groups in total. The molecule has 1 fully saturated rings. The quantitative estimate of drug-likeness (QED) is 0.730. The number of benzene rings is 1. The van der Waals surface area contributed by atoms with Crippen molar-refractivity contribution in [2.24, 2.45) is 5.73 Å². The van der Waals surface area contributed by atoms with Crippen LogP contribution < -0.4 is 11.1 Å². The van der Waals surface area contributed by atoms with Gasteiger partial charge in [-0.1, -0.05) is 44.7 Å². The van der Waals surface area contributed by atoms with Gasteiger partial charge in [-0.25, -0.2) is 0 Å². The first-order valence-electron chi connectivity index (χ1n) is 7.95. The van der Waals surface area contributed by atoms with Crippen LogP contribution in [0.1, 0.15) is 57.4 Å². The van der Waals surface area contributed by atoms with Crippen LogP contribution in [-0.2, 0) is 10.3 Å². The van der Waals surface area contributed by atoms with Crippen molar-refractivity contribution in [1.82, 2.24) is 5.32 Å². The highest BCUT2D eigenvalue weighted by molar-refractivity contribution is 5.86. The van der Waals surface area contributed by atoms with Crippen LogP contribution >= 0.6 is 0 Å². The normalized spacial score (nSPS) is 19.7. The van der Waals surface area contributed by atoms with Crippen LogP contribution in [0.25, 0.3) is 0 Å². The minimum atomic E-state index is -0.845. The molecule has 0 bridgehead atoms. The maximum Gasteiger partial charge on any atom is 0.242 e. The van der Waals surface area contributed by atoms with Gasteiger partial charge < -0.3 is 10.8 Å². The van der Waals surface area contributed by atoms with Crippen LogP contribution in [0.5, 0.6) is 5.75 Å². The molecule has 21 heavy (non-hydrogen) atoms. The van der Waals surface area contributed by atoms with Crippen molar-refractivity contribution in [2.45, 2.75) is 63.5 Å². The Labute approximate surface area is 126 Å². The van der Waals surface area contributed by atoms with Gasteiger partial charge in [-0.3, -0.25) is 10.1 Å². The first-order valence-corrected chi connectivity index (χ1v) is 7.95. The zero-order chi connectivity index (χ0) is 15.3. The summed E-state index contributed by atoms with van der Waals surface area (Å²) in [5.41, 5.74) is 5.73. The molecule has 2 rings (SSSR count). The van der Waals surface area contributed by atoms with Crippen LogP contribution in [0.2, 0.25) is 0 Å². The Morgan fingerprint density at radius 2 is 1.81 bits per heavy atom. The highest BCUT2D eigenvalue weighted by Crippen LogP contribution is 2.29. The van der Waals surface area contributed by atoms with E-state index in [0.29, 0.717) is 12.5 Å². The summed E-state index contributed by atoms with van der Waals surface area (Å²) in [6, 6.07) is 7.11. The Hall–Kier alpha value is -1.55. The number of aromatic hydroxyl groups is 1. The summed E-state index contributed by atoms with van der Waals surface area (Å²) >= 11 is 0. The average Bonchev–Trinajstić information content (AvgIpc) is 2.74. The Kier molecular flexibility index (Phi) is 5.23. The largest absolute Gasteiger partial charge is 0.508 e. The number of hydrogen-bond donors (Lipinski definition) is 3. The van der Waals surface area contributed by atoms with Crippen LogP contribution in [0.3, 0.4) is 0 Å². The molecular weight excluding hydrogens is 264 g/mol. The summed E-state index contributed by atoms with van der Waals surface area (Å²) < 4.78 is 0. The molecule has 4 nitrogen and oxygen atoms in total. The molecular formula is C17H26N2O2. The third-order valence-corrected chi connectivity index (χ3v) is 4.62. The number of amides is 1. The van der Waals surface area contributed by atoms with Gasteiger partial charge in [-0.2, -0.15) is 0 Å². The molecule has 1 amide bonds. The van der Waals surface area contributed by atoms with Crippen molar-refractivity contribution in [2.75, 3.05) is 0 Å². The van der Waals surface area contributed by atoms with Crippen molar-refractivity contribution in [1.29, 1.82) is 0 Å². The minimum absolute atomic E-state index is 0.197. The molecule has 0 aliphatic heterocycles. The van der Waals surface area contributed by atoms with Crippen LogP contribution in [0.4, 0.5) is 0 Å². The molecule has 1 aliphatic rings. The minimum Gasteiger partial charge on any atom is -0.508 e. The maximum absolute atomic E-state index is 12.2. The average molecular weight is 290 g/mol. The van der Waals surface area contributed by atoms with Crippen molar-refractivity contribution in [3.63, 3.8) is 0 Å². The Balaban J connectivity index is 2.27. The molecule has 0 radical (unpaired) electrons. The van der Waals surface area contributed by atoms with E-state index in [1.54, 1.807) is 24.3 Å². The Morgan fingerprint density at radius 1 is 1.24 bits per heavy atom. The van der Waals surface area contributed by atoms with Crippen LogP contribution in [0, 0.1) is 0 Å². The zero-order valence-corrected chi connectivity index (χ0v) is 12.8. The highest BCUT2D eigenvalue weighted by atomic mass is 16.3. The fourth-order valence-electron chi connectivity index (χ4n) is 3.30. The first-order chi connectivity index (χ1) is 10.1. The number of rotatable bonds is 5. The first kappa shape index (κ1) is 15.8. The number of primary amides is 1. The summed E-state index contributed by atoms with van der Waals surface area (Å²) in [6.45, 7) is 1.97. The molecule has 116 valence electrons. The monoisotopic (exact) mass is 290 g/mol. The van der Waals surface area contributed by atoms with E-state index in [-0.39, 0.29) is 11.7 Å². The van der Waals surface area contributed by atoms with Gasteiger partial charge in [0.1, 0.15) is 11.3 Å². The molecule has 0 aromatic heterocycles. The van der Waals surface area contributed by atoms with E-state index < -0.39 is 5.54 Å². The Morgan fingerprint density at radius 3 is 2.29 bits per heavy atom. The van der Waals surface area contributed by atoms with Crippen LogP contribution in [0.15, 0.2) is 24.3 Å². The van der Waals surface area contributed by atoms with Crippen LogP contribution in [-0.4, -0.2) is 17.1 Å². The van der Waals surface area contributed by atoms with E-state index in [4.69, 9.17) is 5.73 Å². The van der Waals surface area contributed by atoms with Gasteiger partial charge in [0.25, 0.3) is 0 Å². The highest BCUT2D eigenvalue weighted by Gasteiger charge is 2.38. The van der Waals surface area contributed by atoms with Crippen molar-refractivity contribution in [3.8, 4) is 5.75 Å². The lowest BCUT2D eigenvalue weighted by molar-refractivity contribution is -0.125. The third-order valence-electron chi connectivity index (χ3n) is 4.62. The Bertz CT molecular complexity index is 464. The van der Waals surface area contributed by atoms with Gasteiger partial charge in [-0.15, -0.1) is 0 Å². The fourth-order valence-corrected chi connectivity index (χ4v) is 3.30. The van der Waals surface area contributed by atoms with Gasteiger partial charge in [-0.05, 0) is 37.0 Å². The van der Waals surface area contributed by atoms with Gasteiger partial charge >= 0.3 is 0 Å². The van der Waals surface area contributed by atoms with E-state index >= 15 is 0 Å².